The van der Waals surface area contributed by atoms with Crippen molar-refractivity contribution in [2.24, 2.45) is 17.8 Å². The van der Waals surface area contributed by atoms with Crippen LogP contribution in [0.15, 0.2) is 0 Å². The molecule has 3 rings (SSSR count). The van der Waals surface area contributed by atoms with Gasteiger partial charge < -0.3 is 5.32 Å². The summed E-state index contributed by atoms with van der Waals surface area (Å²) in [5, 5.41) is 12.2. The quantitative estimate of drug-likeness (QED) is 0.898. The van der Waals surface area contributed by atoms with E-state index < -0.39 is 0 Å². The van der Waals surface area contributed by atoms with Gasteiger partial charge in [-0.05, 0) is 43.9 Å². The Morgan fingerprint density at radius 1 is 1.41 bits per heavy atom. The second-order valence-electron chi connectivity index (χ2n) is 5.31. The third-order valence-electron chi connectivity index (χ3n) is 4.10. The smallest absolute Gasteiger partial charge is 0.226 e. The molecule has 0 unspecified atom stereocenters. The van der Waals surface area contributed by atoms with Crippen LogP contribution in [0.5, 0.6) is 0 Å². The number of carbonyl (C=O) groups excluding carboxylic acids is 1. The molecule has 1 aromatic heterocycles. The van der Waals surface area contributed by atoms with Crippen molar-refractivity contribution in [1.29, 1.82) is 0 Å². The van der Waals surface area contributed by atoms with Crippen LogP contribution in [0, 0.1) is 24.7 Å². The summed E-state index contributed by atoms with van der Waals surface area (Å²) in [4.78, 5) is 11.9. The van der Waals surface area contributed by atoms with Crippen molar-refractivity contribution in [3.8, 4) is 0 Å². The lowest BCUT2D eigenvalue weighted by Crippen LogP contribution is -2.20. The zero-order chi connectivity index (χ0) is 11.8. The molecular weight excluding hydrogens is 234 g/mol. The maximum Gasteiger partial charge on any atom is 0.226 e. The molecule has 0 aliphatic heterocycles. The van der Waals surface area contributed by atoms with Crippen LogP contribution in [0.3, 0.4) is 0 Å². The van der Waals surface area contributed by atoms with E-state index in [0.29, 0.717) is 17.5 Å². The van der Waals surface area contributed by atoms with Crippen LogP contribution in [0.4, 0.5) is 5.13 Å². The number of fused-ring (bicyclic) bond motifs is 2. The summed E-state index contributed by atoms with van der Waals surface area (Å²) >= 11 is 1.44. The van der Waals surface area contributed by atoms with E-state index in [-0.39, 0.29) is 5.91 Å². The molecule has 2 aliphatic rings. The summed E-state index contributed by atoms with van der Waals surface area (Å²) in [7, 11) is 0. The van der Waals surface area contributed by atoms with E-state index >= 15 is 0 Å². The van der Waals surface area contributed by atoms with Crippen molar-refractivity contribution in [1.82, 2.24) is 10.2 Å². The average Bonchev–Trinajstić information content (AvgIpc) is 2.95. The number of rotatable bonds is 3. The van der Waals surface area contributed by atoms with Gasteiger partial charge in [-0.3, -0.25) is 4.79 Å². The molecule has 3 atom stereocenters. The van der Waals surface area contributed by atoms with E-state index in [9.17, 15) is 4.79 Å². The topological polar surface area (TPSA) is 54.9 Å². The molecule has 2 aliphatic carbocycles. The van der Waals surface area contributed by atoms with Crippen molar-refractivity contribution in [2.75, 3.05) is 5.32 Å². The number of aromatic nitrogens is 2. The second kappa shape index (κ2) is 4.37. The minimum absolute atomic E-state index is 0.110. The molecule has 1 aromatic rings. The second-order valence-corrected chi connectivity index (χ2v) is 6.50. The highest BCUT2D eigenvalue weighted by molar-refractivity contribution is 7.15. The number of nitrogens with one attached hydrogen (secondary N) is 1. The van der Waals surface area contributed by atoms with Crippen LogP contribution in [0.2, 0.25) is 0 Å². The number of aryl methyl sites for hydroxylation is 1. The van der Waals surface area contributed by atoms with Gasteiger partial charge >= 0.3 is 0 Å². The lowest BCUT2D eigenvalue weighted by atomic mass is 9.86. The van der Waals surface area contributed by atoms with Gasteiger partial charge in [0.25, 0.3) is 0 Å². The van der Waals surface area contributed by atoms with Crippen LogP contribution in [0.25, 0.3) is 0 Å². The maximum atomic E-state index is 11.9. The van der Waals surface area contributed by atoms with Gasteiger partial charge in [-0.15, -0.1) is 10.2 Å². The van der Waals surface area contributed by atoms with Crippen molar-refractivity contribution in [2.45, 2.75) is 39.0 Å². The van der Waals surface area contributed by atoms with Gasteiger partial charge in [-0.25, -0.2) is 0 Å². The van der Waals surface area contributed by atoms with Gasteiger partial charge in [0.2, 0.25) is 11.0 Å². The lowest BCUT2D eigenvalue weighted by Gasteiger charge is -2.20. The zero-order valence-electron chi connectivity index (χ0n) is 9.98. The molecule has 1 N–H and O–H groups in total. The molecule has 2 fully saturated rings. The van der Waals surface area contributed by atoms with E-state index in [1.165, 1.54) is 37.0 Å². The van der Waals surface area contributed by atoms with Crippen molar-refractivity contribution in [3.63, 3.8) is 0 Å². The highest BCUT2D eigenvalue weighted by Gasteiger charge is 2.40. The Bertz CT molecular complexity index is 431. The number of hydrogen-bond donors (Lipinski definition) is 1. The molecule has 17 heavy (non-hydrogen) atoms. The van der Waals surface area contributed by atoms with Gasteiger partial charge in [-0.1, -0.05) is 17.8 Å². The number of nitrogens with zero attached hydrogens (tertiary/aromatic N) is 2. The highest BCUT2D eigenvalue weighted by atomic mass is 32.1. The third-order valence-corrected chi connectivity index (χ3v) is 4.86. The molecule has 1 amide bonds. The van der Waals surface area contributed by atoms with Crippen LogP contribution >= 0.6 is 11.3 Å². The SMILES string of the molecule is Cc1nnc(NC(=O)C[C@@H]2C[C@H]3CC[C@@H]2C3)s1. The van der Waals surface area contributed by atoms with Gasteiger partial charge in [-0.2, -0.15) is 0 Å². The Hall–Kier alpha value is -0.970. The number of hydrogen-bond acceptors (Lipinski definition) is 4. The highest BCUT2D eigenvalue weighted by Crippen LogP contribution is 2.49. The molecule has 0 aromatic carbocycles. The third kappa shape index (κ3) is 2.34. The fourth-order valence-corrected chi connectivity index (χ4v) is 3.99. The van der Waals surface area contributed by atoms with Gasteiger partial charge in [0.05, 0.1) is 0 Å². The monoisotopic (exact) mass is 251 g/mol. The predicted octanol–water partition coefficient (Wildman–Crippen LogP) is 2.61. The van der Waals surface area contributed by atoms with Crippen molar-refractivity contribution in [3.05, 3.63) is 5.01 Å². The Morgan fingerprint density at radius 2 is 2.29 bits per heavy atom. The number of amides is 1. The first-order valence-corrected chi connectivity index (χ1v) is 7.12. The van der Waals surface area contributed by atoms with Gasteiger partial charge in [0, 0.05) is 6.42 Å². The molecule has 0 radical (unpaired) electrons. The summed E-state index contributed by atoms with van der Waals surface area (Å²) < 4.78 is 0. The van der Waals surface area contributed by atoms with Crippen LogP contribution in [-0.4, -0.2) is 16.1 Å². The zero-order valence-corrected chi connectivity index (χ0v) is 10.8. The standard InChI is InChI=1S/C12H17N3OS/c1-7-14-15-12(17-7)13-11(16)6-10-5-8-2-3-9(10)4-8/h8-10H,2-6H2,1H3,(H,13,15,16)/t8-,9+,10-/m0/s1. The van der Waals surface area contributed by atoms with Crippen LogP contribution in [-0.2, 0) is 4.79 Å². The van der Waals surface area contributed by atoms with E-state index in [1.54, 1.807) is 0 Å². The number of anilines is 1. The van der Waals surface area contributed by atoms with Gasteiger partial charge in [0.15, 0.2) is 0 Å². The largest absolute Gasteiger partial charge is 0.301 e. The minimum Gasteiger partial charge on any atom is -0.301 e. The fourth-order valence-electron chi connectivity index (χ4n) is 3.38. The van der Waals surface area contributed by atoms with Crippen LogP contribution < -0.4 is 5.32 Å². The summed E-state index contributed by atoms with van der Waals surface area (Å²) in [6.45, 7) is 1.89. The first-order chi connectivity index (χ1) is 8.20. The Balaban J connectivity index is 1.54. The normalized spacial score (nSPS) is 30.8. The molecular formula is C12H17N3OS. The minimum atomic E-state index is 0.110. The van der Waals surface area contributed by atoms with E-state index in [4.69, 9.17) is 0 Å². The Morgan fingerprint density at radius 3 is 2.88 bits per heavy atom. The molecule has 1 heterocycles. The molecule has 2 saturated carbocycles. The summed E-state index contributed by atoms with van der Waals surface area (Å²) in [6, 6.07) is 0. The summed E-state index contributed by atoms with van der Waals surface area (Å²) in [5.41, 5.74) is 0. The summed E-state index contributed by atoms with van der Waals surface area (Å²) in [5.74, 6) is 2.44. The predicted molar refractivity (Wildman–Crippen MR) is 66.8 cm³/mol. The summed E-state index contributed by atoms with van der Waals surface area (Å²) in [6.07, 6.45) is 6.00. The van der Waals surface area contributed by atoms with E-state index in [2.05, 4.69) is 15.5 Å². The first kappa shape index (κ1) is 11.1. The van der Waals surface area contributed by atoms with Crippen molar-refractivity contribution >= 4 is 22.4 Å². The van der Waals surface area contributed by atoms with Crippen molar-refractivity contribution < 1.29 is 4.79 Å². The van der Waals surface area contributed by atoms with E-state index in [0.717, 1.165) is 16.8 Å². The molecule has 4 nitrogen and oxygen atoms in total. The average molecular weight is 251 g/mol. The molecule has 92 valence electrons. The van der Waals surface area contributed by atoms with E-state index in [1.807, 2.05) is 6.92 Å². The maximum absolute atomic E-state index is 11.9. The van der Waals surface area contributed by atoms with Crippen LogP contribution in [0.1, 0.15) is 37.1 Å². The number of carbonyl (C=O) groups is 1. The molecule has 5 heteroatoms. The van der Waals surface area contributed by atoms with Gasteiger partial charge in [0.1, 0.15) is 5.01 Å². The molecule has 0 saturated heterocycles. The molecule has 0 spiro atoms. The lowest BCUT2D eigenvalue weighted by molar-refractivity contribution is -0.117. The first-order valence-electron chi connectivity index (χ1n) is 6.30. The Labute approximate surface area is 105 Å². The fraction of sp³-hybridized carbons (Fsp3) is 0.750. The molecule has 2 bridgehead atoms. The Kier molecular flexibility index (Phi) is 2.86.